The zero-order valence-corrected chi connectivity index (χ0v) is 11.1. The molecule has 1 aliphatic heterocycles. The van der Waals surface area contributed by atoms with Crippen LogP contribution >= 0.6 is 0 Å². The van der Waals surface area contributed by atoms with Crippen molar-refractivity contribution in [3.05, 3.63) is 65.2 Å². The molecule has 2 aromatic carbocycles. The van der Waals surface area contributed by atoms with Gasteiger partial charge in [0.1, 0.15) is 11.4 Å². The van der Waals surface area contributed by atoms with Crippen LogP contribution in [0.3, 0.4) is 0 Å². The number of hydrogen-bond acceptors (Lipinski definition) is 2. The van der Waals surface area contributed by atoms with Crippen LogP contribution in [-0.4, -0.2) is 11.7 Å². The molecule has 0 fully saturated rings. The number of benzene rings is 2. The molecule has 3 rings (SSSR count). The van der Waals surface area contributed by atoms with E-state index in [1.807, 2.05) is 49.4 Å². The SMILES string of the molecule is CC(O)(c1ccccc1)c1cccc2c1OCCC2. The van der Waals surface area contributed by atoms with Gasteiger partial charge in [0.15, 0.2) is 0 Å². The fourth-order valence-electron chi connectivity index (χ4n) is 2.69. The van der Waals surface area contributed by atoms with Gasteiger partial charge in [0.25, 0.3) is 0 Å². The summed E-state index contributed by atoms with van der Waals surface area (Å²) < 4.78 is 5.80. The smallest absolute Gasteiger partial charge is 0.128 e. The van der Waals surface area contributed by atoms with Crippen LogP contribution in [0.15, 0.2) is 48.5 Å². The van der Waals surface area contributed by atoms with Crippen molar-refractivity contribution in [1.82, 2.24) is 0 Å². The van der Waals surface area contributed by atoms with Crippen molar-refractivity contribution in [2.75, 3.05) is 6.61 Å². The van der Waals surface area contributed by atoms with Gasteiger partial charge in [-0.2, -0.15) is 0 Å². The van der Waals surface area contributed by atoms with Crippen LogP contribution in [0.1, 0.15) is 30.0 Å². The van der Waals surface area contributed by atoms with Crippen molar-refractivity contribution in [3.8, 4) is 5.75 Å². The molecular formula is C17H18O2. The molecule has 0 radical (unpaired) electrons. The van der Waals surface area contributed by atoms with Gasteiger partial charge in [0.2, 0.25) is 0 Å². The second-order valence-electron chi connectivity index (χ2n) is 5.18. The first kappa shape index (κ1) is 12.2. The molecule has 0 aliphatic carbocycles. The van der Waals surface area contributed by atoms with Crippen molar-refractivity contribution in [3.63, 3.8) is 0 Å². The summed E-state index contributed by atoms with van der Waals surface area (Å²) in [5, 5.41) is 10.9. The molecule has 0 aromatic heterocycles. The van der Waals surface area contributed by atoms with Crippen LogP contribution in [0.25, 0.3) is 0 Å². The van der Waals surface area contributed by atoms with Crippen molar-refractivity contribution in [2.45, 2.75) is 25.4 Å². The molecule has 1 atom stereocenters. The average Bonchev–Trinajstić information content (AvgIpc) is 2.47. The molecule has 2 heteroatoms. The average molecular weight is 254 g/mol. The normalized spacial score (nSPS) is 17.2. The summed E-state index contributed by atoms with van der Waals surface area (Å²) in [6.45, 7) is 2.56. The van der Waals surface area contributed by atoms with Gasteiger partial charge >= 0.3 is 0 Å². The lowest BCUT2D eigenvalue weighted by Gasteiger charge is -2.29. The van der Waals surface area contributed by atoms with Crippen LogP contribution in [0.5, 0.6) is 5.75 Å². The molecule has 98 valence electrons. The molecule has 1 N–H and O–H groups in total. The van der Waals surface area contributed by atoms with Gasteiger partial charge in [-0.3, -0.25) is 0 Å². The van der Waals surface area contributed by atoms with Crippen LogP contribution in [-0.2, 0) is 12.0 Å². The molecule has 2 aromatic rings. The highest BCUT2D eigenvalue weighted by Gasteiger charge is 2.30. The molecule has 1 aliphatic rings. The lowest BCUT2D eigenvalue weighted by atomic mass is 9.85. The molecule has 0 saturated heterocycles. The minimum absolute atomic E-state index is 0.731. The predicted octanol–water partition coefficient (Wildman–Crippen LogP) is 3.27. The molecule has 1 unspecified atom stereocenters. The third-order valence-electron chi connectivity index (χ3n) is 3.79. The fraction of sp³-hybridized carbons (Fsp3) is 0.294. The number of aryl methyl sites for hydroxylation is 1. The third kappa shape index (κ3) is 2.13. The molecule has 19 heavy (non-hydrogen) atoms. The number of para-hydroxylation sites is 1. The third-order valence-corrected chi connectivity index (χ3v) is 3.79. The van der Waals surface area contributed by atoms with E-state index in [-0.39, 0.29) is 0 Å². The molecule has 0 bridgehead atoms. The van der Waals surface area contributed by atoms with Crippen LogP contribution in [0.2, 0.25) is 0 Å². The fourth-order valence-corrected chi connectivity index (χ4v) is 2.69. The molecule has 2 nitrogen and oxygen atoms in total. The Morgan fingerprint density at radius 2 is 1.84 bits per heavy atom. The summed E-state index contributed by atoms with van der Waals surface area (Å²) in [4.78, 5) is 0. The highest BCUT2D eigenvalue weighted by molar-refractivity contribution is 5.49. The van der Waals surface area contributed by atoms with E-state index >= 15 is 0 Å². The van der Waals surface area contributed by atoms with Crippen molar-refractivity contribution in [2.24, 2.45) is 0 Å². The zero-order valence-electron chi connectivity index (χ0n) is 11.1. The largest absolute Gasteiger partial charge is 0.493 e. The van der Waals surface area contributed by atoms with Gasteiger partial charge in [0.05, 0.1) is 6.61 Å². The van der Waals surface area contributed by atoms with Crippen LogP contribution in [0.4, 0.5) is 0 Å². The Morgan fingerprint density at radius 3 is 2.63 bits per heavy atom. The summed E-state index contributed by atoms with van der Waals surface area (Å²) in [7, 11) is 0. The Bertz CT molecular complexity index is 573. The van der Waals surface area contributed by atoms with Gasteiger partial charge in [-0.25, -0.2) is 0 Å². The summed E-state index contributed by atoms with van der Waals surface area (Å²) in [5.74, 6) is 0.864. The Morgan fingerprint density at radius 1 is 1.05 bits per heavy atom. The summed E-state index contributed by atoms with van der Waals surface area (Å²) in [6, 6.07) is 15.8. The monoisotopic (exact) mass is 254 g/mol. The number of aliphatic hydroxyl groups is 1. The second-order valence-corrected chi connectivity index (χ2v) is 5.18. The Balaban J connectivity index is 2.11. The lowest BCUT2D eigenvalue weighted by Crippen LogP contribution is -2.25. The van der Waals surface area contributed by atoms with E-state index in [9.17, 15) is 5.11 Å². The maximum Gasteiger partial charge on any atom is 0.128 e. The predicted molar refractivity (Wildman–Crippen MR) is 75.4 cm³/mol. The number of ether oxygens (including phenoxy) is 1. The van der Waals surface area contributed by atoms with Crippen LogP contribution < -0.4 is 4.74 Å². The first-order chi connectivity index (χ1) is 9.19. The second kappa shape index (κ2) is 4.71. The van der Waals surface area contributed by atoms with Gasteiger partial charge in [-0.1, -0.05) is 48.5 Å². The Labute approximate surface area is 113 Å². The van der Waals surface area contributed by atoms with E-state index in [2.05, 4.69) is 6.07 Å². The number of hydrogen-bond donors (Lipinski definition) is 1. The zero-order chi connectivity index (χ0) is 13.3. The molecule has 1 heterocycles. The molecule has 0 saturated carbocycles. The number of rotatable bonds is 2. The maximum absolute atomic E-state index is 10.9. The minimum atomic E-state index is -1.02. The first-order valence-corrected chi connectivity index (χ1v) is 6.72. The Hall–Kier alpha value is -1.80. The minimum Gasteiger partial charge on any atom is -0.493 e. The summed E-state index contributed by atoms with van der Waals surface area (Å²) >= 11 is 0. The van der Waals surface area contributed by atoms with E-state index in [1.54, 1.807) is 0 Å². The summed E-state index contributed by atoms with van der Waals surface area (Å²) in [5.41, 5.74) is 1.91. The lowest BCUT2D eigenvalue weighted by molar-refractivity contribution is 0.0968. The molecular weight excluding hydrogens is 236 g/mol. The van der Waals surface area contributed by atoms with Gasteiger partial charge in [-0.05, 0) is 30.9 Å². The van der Waals surface area contributed by atoms with Gasteiger partial charge < -0.3 is 9.84 Å². The first-order valence-electron chi connectivity index (χ1n) is 6.72. The number of fused-ring (bicyclic) bond motifs is 1. The topological polar surface area (TPSA) is 29.5 Å². The molecule has 0 amide bonds. The van der Waals surface area contributed by atoms with Crippen molar-refractivity contribution in [1.29, 1.82) is 0 Å². The highest BCUT2D eigenvalue weighted by atomic mass is 16.5. The van der Waals surface area contributed by atoms with E-state index < -0.39 is 5.60 Å². The quantitative estimate of drug-likeness (QED) is 0.891. The van der Waals surface area contributed by atoms with Gasteiger partial charge in [-0.15, -0.1) is 0 Å². The maximum atomic E-state index is 10.9. The van der Waals surface area contributed by atoms with Gasteiger partial charge in [0, 0.05) is 5.56 Å². The summed E-state index contributed by atoms with van der Waals surface area (Å²) in [6.07, 6.45) is 2.07. The highest BCUT2D eigenvalue weighted by Crippen LogP contribution is 2.39. The van der Waals surface area contributed by atoms with E-state index in [0.717, 1.165) is 36.3 Å². The van der Waals surface area contributed by atoms with E-state index in [0.29, 0.717) is 0 Å². The Kier molecular flexibility index (Phi) is 3.03. The van der Waals surface area contributed by atoms with Crippen molar-refractivity contribution < 1.29 is 9.84 Å². The van der Waals surface area contributed by atoms with E-state index in [1.165, 1.54) is 5.56 Å². The van der Waals surface area contributed by atoms with Crippen molar-refractivity contribution >= 4 is 0 Å². The molecule has 0 spiro atoms. The van der Waals surface area contributed by atoms with Crippen LogP contribution in [0, 0.1) is 0 Å². The van der Waals surface area contributed by atoms with E-state index in [4.69, 9.17) is 4.74 Å². The standard InChI is InChI=1S/C17H18O2/c1-17(18,14-9-3-2-4-10-14)15-11-5-7-13-8-6-12-19-16(13)15/h2-5,7,9-11,18H,6,8,12H2,1H3.